The lowest BCUT2D eigenvalue weighted by atomic mass is 10.0. The van der Waals surface area contributed by atoms with Crippen LogP contribution in [0.3, 0.4) is 0 Å². The fourth-order valence-electron chi connectivity index (χ4n) is 1.45. The molecule has 0 bridgehead atoms. The minimum Gasteiger partial charge on any atom is -0.467 e. The Hall–Kier alpha value is -1.33. The second kappa shape index (κ2) is 7.18. The third-order valence-corrected chi connectivity index (χ3v) is 2.23. The van der Waals surface area contributed by atoms with Crippen LogP contribution < -0.4 is 11.1 Å². The maximum absolute atomic E-state index is 11.4. The zero-order chi connectivity index (χ0) is 13.4. The topological polar surface area (TPSA) is 77.5 Å². The molecule has 0 aliphatic heterocycles. The molecule has 0 saturated heterocycles. The molecule has 1 aromatic rings. The van der Waals surface area contributed by atoms with Gasteiger partial charge in [0.2, 0.25) is 5.91 Å². The van der Waals surface area contributed by atoms with Gasteiger partial charge in [0.15, 0.2) is 0 Å². The van der Waals surface area contributed by atoms with E-state index in [9.17, 15) is 4.79 Å². The van der Waals surface area contributed by atoms with Gasteiger partial charge in [-0.25, -0.2) is 0 Å². The van der Waals surface area contributed by atoms with Gasteiger partial charge in [0.25, 0.3) is 0 Å². The summed E-state index contributed by atoms with van der Waals surface area (Å²) in [7, 11) is 0. The predicted octanol–water partition coefficient (Wildman–Crippen LogP) is 1.43. The number of nitrogens with one attached hydrogen (secondary N) is 1. The zero-order valence-corrected chi connectivity index (χ0v) is 11.1. The van der Waals surface area contributed by atoms with Gasteiger partial charge in [0, 0.05) is 25.1 Å². The van der Waals surface area contributed by atoms with Crippen molar-refractivity contribution in [3.05, 3.63) is 24.2 Å². The Balaban J connectivity index is 1.97. The molecule has 102 valence electrons. The number of carbonyl (C=O) groups excluding carboxylic acids is 1. The van der Waals surface area contributed by atoms with Crippen LogP contribution in [0.15, 0.2) is 22.8 Å². The van der Waals surface area contributed by atoms with Crippen LogP contribution in [-0.2, 0) is 16.1 Å². The molecule has 0 spiro atoms. The number of hydrogen-bond donors (Lipinski definition) is 2. The first-order valence-electron chi connectivity index (χ1n) is 6.13. The lowest BCUT2D eigenvalue weighted by molar-refractivity contribution is -0.122. The molecule has 0 atom stereocenters. The summed E-state index contributed by atoms with van der Waals surface area (Å²) in [6.07, 6.45) is 2.73. The monoisotopic (exact) mass is 254 g/mol. The van der Waals surface area contributed by atoms with E-state index in [0.717, 1.165) is 12.2 Å². The van der Waals surface area contributed by atoms with Crippen molar-refractivity contribution in [2.45, 2.75) is 38.8 Å². The van der Waals surface area contributed by atoms with Crippen LogP contribution in [0.2, 0.25) is 0 Å². The predicted molar refractivity (Wildman–Crippen MR) is 68.9 cm³/mol. The van der Waals surface area contributed by atoms with E-state index >= 15 is 0 Å². The Labute approximate surface area is 108 Å². The number of furan rings is 1. The Morgan fingerprint density at radius 2 is 2.33 bits per heavy atom. The van der Waals surface area contributed by atoms with Crippen LogP contribution in [-0.4, -0.2) is 24.6 Å². The molecule has 0 saturated carbocycles. The molecular weight excluding hydrogens is 232 g/mol. The van der Waals surface area contributed by atoms with Crippen molar-refractivity contribution in [3.8, 4) is 0 Å². The van der Waals surface area contributed by atoms with Crippen LogP contribution in [0, 0.1) is 0 Å². The number of nitrogens with two attached hydrogens (primary N) is 1. The fourth-order valence-corrected chi connectivity index (χ4v) is 1.45. The highest BCUT2D eigenvalue weighted by Gasteiger charge is 2.15. The van der Waals surface area contributed by atoms with Gasteiger partial charge in [0.05, 0.1) is 6.26 Å². The molecule has 0 aromatic carbocycles. The first-order chi connectivity index (χ1) is 8.47. The van der Waals surface area contributed by atoms with Crippen molar-refractivity contribution in [2.75, 3.05) is 13.2 Å². The van der Waals surface area contributed by atoms with E-state index in [1.807, 2.05) is 26.0 Å². The van der Waals surface area contributed by atoms with Gasteiger partial charge in [-0.1, -0.05) is 0 Å². The summed E-state index contributed by atoms with van der Waals surface area (Å²) in [6.45, 7) is 5.33. The Kier molecular flexibility index (Phi) is 5.88. The highest BCUT2D eigenvalue weighted by atomic mass is 16.5. The van der Waals surface area contributed by atoms with Crippen molar-refractivity contribution in [1.29, 1.82) is 0 Å². The van der Waals surface area contributed by atoms with E-state index in [2.05, 4.69) is 5.32 Å². The minimum absolute atomic E-state index is 0.0199. The summed E-state index contributed by atoms with van der Waals surface area (Å²) in [4.78, 5) is 11.4. The number of ether oxygens (including phenoxy) is 1. The van der Waals surface area contributed by atoms with Gasteiger partial charge >= 0.3 is 0 Å². The smallest absolute Gasteiger partial charge is 0.221 e. The van der Waals surface area contributed by atoms with E-state index in [-0.39, 0.29) is 5.91 Å². The molecule has 1 amide bonds. The molecule has 0 aliphatic carbocycles. The van der Waals surface area contributed by atoms with Gasteiger partial charge in [-0.15, -0.1) is 0 Å². The maximum atomic E-state index is 11.4. The molecule has 0 fully saturated rings. The molecule has 5 nitrogen and oxygen atoms in total. The number of rotatable bonds is 8. The standard InChI is InChI=1S/C13H22N2O3/c1-13(2,14)9-12(16)15-6-4-7-17-10-11-5-3-8-18-11/h3,5,8H,4,6-7,9-10,14H2,1-2H3,(H,15,16). The first kappa shape index (κ1) is 14.7. The van der Waals surface area contributed by atoms with E-state index < -0.39 is 5.54 Å². The average Bonchev–Trinajstić information content (AvgIpc) is 2.73. The molecule has 0 radical (unpaired) electrons. The molecule has 0 unspecified atom stereocenters. The molecule has 1 aromatic heterocycles. The molecule has 18 heavy (non-hydrogen) atoms. The molecule has 3 N–H and O–H groups in total. The Bertz CT molecular complexity index is 342. The zero-order valence-electron chi connectivity index (χ0n) is 11.1. The summed E-state index contributed by atoms with van der Waals surface area (Å²) in [5, 5.41) is 2.81. The largest absolute Gasteiger partial charge is 0.467 e. The SMILES string of the molecule is CC(C)(N)CC(=O)NCCCOCc1ccco1. The molecule has 1 rings (SSSR count). The Morgan fingerprint density at radius 1 is 1.56 bits per heavy atom. The van der Waals surface area contributed by atoms with Crippen LogP contribution in [0.5, 0.6) is 0 Å². The fraction of sp³-hybridized carbons (Fsp3) is 0.615. The molecule has 1 heterocycles. The van der Waals surface area contributed by atoms with Gasteiger partial charge in [0.1, 0.15) is 12.4 Å². The normalized spacial score (nSPS) is 11.5. The lowest BCUT2D eigenvalue weighted by Gasteiger charge is -2.17. The molecule has 5 heteroatoms. The van der Waals surface area contributed by atoms with E-state index in [0.29, 0.717) is 26.2 Å². The highest BCUT2D eigenvalue weighted by Crippen LogP contribution is 2.03. The maximum Gasteiger partial charge on any atom is 0.221 e. The quantitative estimate of drug-likeness (QED) is 0.688. The van der Waals surface area contributed by atoms with Crippen LogP contribution in [0.4, 0.5) is 0 Å². The number of carbonyl (C=O) groups is 1. The summed E-state index contributed by atoms with van der Waals surface area (Å²) in [6, 6.07) is 3.69. The summed E-state index contributed by atoms with van der Waals surface area (Å²) >= 11 is 0. The van der Waals surface area contributed by atoms with E-state index in [1.165, 1.54) is 0 Å². The van der Waals surface area contributed by atoms with Crippen LogP contribution >= 0.6 is 0 Å². The number of amides is 1. The first-order valence-corrected chi connectivity index (χ1v) is 6.13. The minimum atomic E-state index is -0.458. The van der Waals surface area contributed by atoms with Gasteiger partial charge in [-0.05, 0) is 32.4 Å². The van der Waals surface area contributed by atoms with Crippen molar-refractivity contribution >= 4 is 5.91 Å². The van der Waals surface area contributed by atoms with Gasteiger partial charge in [-0.3, -0.25) is 4.79 Å². The Morgan fingerprint density at radius 3 is 2.94 bits per heavy atom. The summed E-state index contributed by atoms with van der Waals surface area (Å²) < 4.78 is 10.5. The van der Waals surface area contributed by atoms with Crippen molar-refractivity contribution in [2.24, 2.45) is 5.73 Å². The van der Waals surface area contributed by atoms with E-state index in [4.69, 9.17) is 14.9 Å². The van der Waals surface area contributed by atoms with Gasteiger partial charge < -0.3 is 20.2 Å². The second-order valence-electron chi connectivity index (χ2n) is 5.00. The summed E-state index contributed by atoms with van der Waals surface area (Å²) in [5.74, 6) is 0.789. The molecule has 0 aliphatic rings. The summed E-state index contributed by atoms with van der Waals surface area (Å²) in [5.41, 5.74) is 5.29. The highest BCUT2D eigenvalue weighted by molar-refractivity contribution is 5.76. The average molecular weight is 254 g/mol. The van der Waals surface area contributed by atoms with Crippen molar-refractivity contribution in [3.63, 3.8) is 0 Å². The molecular formula is C13H22N2O3. The van der Waals surface area contributed by atoms with Crippen LogP contribution in [0.1, 0.15) is 32.4 Å². The van der Waals surface area contributed by atoms with Crippen LogP contribution in [0.25, 0.3) is 0 Å². The van der Waals surface area contributed by atoms with Gasteiger partial charge in [-0.2, -0.15) is 0 Å². The third kappa shape index (κ3) is 7.09. The second-order valence-corrected chi connectivity index (χ2v) is 5.00. The third-order valence-electron chi connectivity index (χ3n) is 2.23. The lowest BCUT2D eigenvalue weighted by Crippen LogP contribution is -2.39. The number of hydrogen-bond acceptors (Lipinski definition) is 4. The van der Waals surface area contributed by atoms with Crippen molar-refractivity contribution < 1.29 is 13.9 Å². The van der Waals surface area contributed by atoms with Crippen molar-refractivity contribution in [1.82, 2.24) is 5.32 Å². The van der Waals surface area contributed by atoms with E-state index in [1.54, 1.807) is 6.26 Å².